The molecule has 0 aromatic carbocycles. The molecule has 0 amide bonds. The summed E-state index contributed by atoms with van der Waals surface area (Å²) in [6, 6.07) is -1.88. The molecular weight excluding hydrogens is 455 g/mol. The van der Waals surface area contributed by atoms with Gasteiger partial charge in [-0.2, -0.15) is 57.1 Å². The molecule has 0 aliphatic carbocycles. The van der Waals surface area contributed by atoms with E-state index in [1.165, 1.54) is 0 Å². The smallest absolute Gasteiger partial charge is 0.390 e. The van der Waals surface area contributed by atoms with E-state index >= 15 is 0 Å². The van der Waals surface area contributed by atoms with Crippen LogP contribution < -0.4 is 0 Å². The molecule has 0 heterocycles. The Bertz CT molecular complexity index is 544. The Morgan fingerprint density at radius 2 is 1.04 bits per heavy atom. The van der Waals surface area contributed by atoms with E-state index in [0.29, 0.717) is 0 Å². The molecular formula is C11H13F13O3Si. The van der Waals surface area contributed by atoms with Crippen LogP contribution in [0.2, 0.25) is 6.04 Å². The molecule has 0 spiro atoms. The number of alkyl halides is 13. The van der Waals surface area contributed by atoms with Crippen LogP contribution >= 0.6 is 0 Å². The third-order valence-electron chi connectivity index (χ3n) is 3.19. The van der Waals surface area contributed by atoms with Gasteiger partial charge in [0, 0.05) is 18.6 Å². The Labute approximate surface area is 149 Å². The molecule has 0 aromatic rings. The highest BCUT2D eigenvalue weighted by atomic mass is 28.4. The molecule has 170 valence electrons. The van der Waals surface area contributed by atoms with Gasteiger partial charge in [0.05, 0.1) is 0 Å². The first-order valence-corrected chi connectivity index (χ1v) is 8.97. The first-order valence-electron chi connectivity index (χ1n) is 6.96. The fraction of sp³-hybridized carbons (Fsp3) is 1.00. The number of hydrogen-bond donors (Lipinski definition) is 2. The van der Waals surface area contributed by atoms with Crippen molar-refractivity contribution < 1.29 is 71.1 Å². The summed E-state index contributed by atoms with van der Waals surface area (Å²) >= 11 is 0. The summed E-state index contributed by atoms with van der Waals surface area (Å²) in [5.41, 5.74) is 0. The standard InChI is InChI=1S/C11H13F13O3Si/c1-5(2)27-28(25,26)4-3-6(12,13)7(14,15)8(16,17)9(18,19)10(20,21)11(22,23)24/h5,25-26H,3-4H2,1-2H3. The second-order valence-corrected chi connectivity index (χ2v) is 8.13. The molecule has 0 aliphatic heterocycles. The highest BCUT2D eigenvalue weighted by Crippen LogP contribution is 2.60. The molecule has 0 rings (SSSR count). The Morgan fingerprint density at radius 1 is 0.679 bits per heavy atom. The number of rotatable bonds is 9. The van der Waals surface area contributed by atoms with E-state index in [4.69, 9.17) is 0 Å². The SMILES string of the molecule is CC(C)O[Si](O)(O)CCC(F)(F)C(F)(F)C(F)(F)C(F)(F)C(F)(F)C(F)(F)F. The Kier molecular flexibility index (Phi) is 7.24. The minimum Gasteiger partial charge on any atom is -0.390 e. The molecule has 0 atom stereocenters. The van der Waals surface area contributed by atoms with Gasteiger partial charge in [-0.1, -0.05) is 0 Å². The van der Waals surface area contributed by atoms with Crippen LogP contribution in [0, 0.1) is 0 Å². The summed E-state index contributed by atoms with van der Waals surface area (Å²) in [6.45, 7) is 2.21. The molecule has 0 radical (unpaired) electrons. The zero-order valence-electron chi connectivity index (χ0n) is 13.7. The monoisotopic (exact) mass is 468 g/mol. The van der Waals surface area contributed by atoms with Gasteiger partial charge in [0.25, 0.3) is 0 Å². The maximum absolute atomic E-state index is 13.4. The van der Waals surface area contributed by atoms with Crippen molar-refractivity contribution in [3.05, 3.63) is 0 Å². The first-order chi connectivity index (χ1) is 11.9. The lowest BCUT2D eigenvalue weighted by molar-refractivity contribution is -0.440. The summed E-state index contributed by atoms with van der Waals surface area (Å²) in [7, 11) is -5.20. The fourth-order valence-corrected chi connectivity index (χ4v) is 3.23. The molecule has 2 N–H and O–H groups in total. The van der Waals surface area contributed by atoms with E-state index in [0.717, 1.165) is 13.8 Å². The van der Waals surface area contributed by atoms with E-state index < -0.39 is 63.2 Å². The van der Waals surface area contributed by atoms with E-state index in [-0.39, 0.29) is 0 Å². The second kappa shape index (κ2) is 7.46. The Hall–Kier alpha value is -0.813. The maximum atomic E-state index is 13.4. The largest absolute Gasteiger partial charge is 0.495 e. The summed E-state index contributed by atoms with van der Waals surface area (Å²) in [6.07, 6.45) is -11.3. The third-order valence-corrected chi connectivity index (χ3v) is 4.94. The van der Waals surface area contributed by atoms with E-state index in [1.807, 2.05) is 0 Å². The van der Waals surface area contributed by atoms with Gasteiger partial charge < -0.3 is 14.0 Å². The van der Waals surface area contributed by atoms with Gasteiger partial charge in [-0.15, -0.1) is 0 Å². The van der Waals surface area contributed by atoms with Crippen LogP contribution in [0.5, 0.6) is 0 Å². The normalized spacial score (nSPS) is 16.1. The first kappa shape index (κ1) is 27.2. The van der Waals surface area contributed by atoms with Crippen molar-refractivity contribution in [3.63, 3.8) is 0 Å². The third kappa shape index (κ3) is 4.67. The highest BCUT2D eigenvalue weighted by molar-refractivity contribution is 6.57. The van der Waals surface area contributed by atoms with Gasteiger partial charge in [0.15, 0.2) is 0 Å². The van der Waals surface area contributed by atoms with E-state index in [2.05, 4.69) is 4.43 Å². The molecule has 0 unspecified atom stereocenters. The van der Waals surface area contributed by atoms with Crippen LogP contribution in [-0.2, 0) is 4.43 Å². The van der Waals surface area contributed by atoms with Gasteiger partial charge in [0.1, 0.15) is 0 Å². The molecule has 0 aromatic heterocycles. The molecule has 3 nitrogen and oxygen atoms in total. The average molecular weight is 468 g/mol. The van der Waals surface area contributed by atoms with Crippen LogP contribution in [0.4, 0.5) is 57.1 Å². The van der Waals surface area contributed by atoms with Crippen LogP contribution in [0.3, 0.4) is 0 Å². The summed E-state index contributed by atoms with van der Waals surface area (Å²) < 4.78 is 171. The van der Waals surface area contributed by atoms with Crippen LogP contribution in [0.25, 0.3) is 0 Å². The quantitative estimate of drug-likeness (QED) is 0.388. The lowest BCUT2D eigenvalue weighted by Crippen LogP contribution is -2.70. The van der Waals surface area contributed by atoms with Gasteiger partial charge in [-0.05, 0) is 13.8 Å². The van der Waals surface area contributed by atoms with Crippen molar-refractivity contribution in [2.75, 3.05) is 0 Å². The van der Waals surface area contributed by atoms with Crippen LogP contribution in [0.15, 0.2) is 0 Å². The second-order valence-electron chi connectivity index (χ2n) is 5.91. The summed E-state index contributed by atoms with van der Waals surface area (Å²) in [4.78, 5) is 18.4. The van der Waals surface area contributed by atoms with Crippen molar-refractivity contribution >= 4 is 8.80 Å². The molecule has 17 heteroatoms. The molecule has 0 bridgehead atoms. The maximum Gasteiger partial charge on any atom is 0.495 e. The van der Waals surface area contributed by atoms with Gasteiger partial charge >= 0.3 is 44.6 Å². The Balaban J connectivity index is 5.93. The predicted octanol–water partition coefficient (Wildman–Crippen LogP) is 4.46. The molecule has 0 aliphatic rings. The predicted molar refractivity (Wildman–Crippen MR) is 66.6 cm³/mol. The van der Waals surface area contributed by atoms with Gasteiger partial charge in [-0.3, -0.25) is 0 Å². The lowest BCUT2D eigenvalue weighted by atomic mass is 9.93. The van der Waals surface area contributed by atoms with E-state index in [1.54, 1.807) is 0 Å². The zero-order chi connectivity index (χ0) is 23.2. The number of halogens is 13. The minimum atomic E-state index is -7.98. The fourth-order valence-electron chi connectivity index (χ4n) is 1.72. The van der Waals surface area contributed by atoms with Crippen molar-refractivity contribution in [2.45, 2.75) is 68.2 Å². The lowest BCUT2D eigenvalue weighted by Gasteiger charge is -2.40. The molecule has 28 heavy (non-hydrogen) atoms. The van der Waals surface area contributed by atoms with Crippen molar-refractivity contribution in [3.8, 4) is 0 Å². The van der Waals surface area contributed by atoms with Gasteiger partial charge in [-0.25, -0.2) is 0 Å². The van der Waals surface area contributed by atoms with Crippen molar-refractivity contribution in [2.24, 2.45) is 0 Å². The van der Waals surface area contributed by atoms with Crippen molar-refractivity contribution in [1.82, 2.24) is 0 Å². The summed E-state index contributed by atoms with van der Waals surface area (Å²) in [5.74, 6) is -37.5. The Morgan fingerprint density at radius 3 is 1.36 bits per heavy atom. The molecule has 0 saturated carbocycles. The topological polar surface area (TPSA) is 49.7 Å². The van der Waals surface area contributed by atoms with Gasteiger partial charge in [0.2, 0.25) is 0 Å². The number of hydrogen-bond acceptors (Lipinski definition) is 3. The summed E-state index contributed by atoms with van der Waals surface area (Å²) in [5, 5.41) is 0. The molecule has 0 fully saturated rings. The van der Waals surface area contributed by atoms with Crippen LogP contribution in [0.1, 0.15) is 20.3 Å². The van der Waals surface area contributed by atoms with Crippen molar-refractivity contribution in [1.29, 1.82) is 0 Å². The minimum absolute atomic E-state index is 1.09. The zero-order valence-corrected chi connectivity index (χ0v) is 14.7. The van der Waals surface area contributed by atoms with E-state index in [9.17, 15) is 66.7 Å². The van der Waals surface area contributed by atoms with Crippen LogP contribution in [-0.4, -0.2) is 60.3 Å². The molecule has 0 saturated heterocycles. The average Bonchev–Trinajstić information content (AvgIpc) is 2.42. The highest BCUT2D eigenvalue weighted by Gasteiger charge is 2.90.